The Bertz CT molecular complexity index is 610. The third-order valence-corrected chi connectivity index (χ3v) is 4.59. The average molecular weight is 396 g/mol. The van der Waals surface area contributed by atoms with Gasteiger partial charge in [-0.1, -0.05) is 31.9 Å². The molecule has 4 heteroatoms. The molecule has 20 heavy (non-hydrogen) atoms. The van der Waals surface area contributed by atoms with Gasteiger partial charge in [-0.25, -0.2) is 0 Å². The summed E-state index contributed by atoms with van der Waals surface area (Å²) in [7, 11) is 0. The van der Waals surface area contributed by atoms with E-state index in [1.807, 2.05) is 0 Å². The SMILES string of the molecule is CC1C[C@H](Nc2ccc(Br)cc2)c2cc(Br)ccc2N1. The van der Waals surface area contributed by atoms with Gasteiger partial charge in [-0.2, -0.15) is 0 Å². The molecule has 1 aliphatic heterocycles. The van der Waals surface area contributed by atoms with Gasteiger partial charge in [-0.05, 0) is 61.4 Å². The second kappa shape index (κ2) is 5.78. The highest BCUT2D eigenvalue weighted by Gasteiger charge is 2.24. The molecule has 104 valence electrons. The lowest BCUT2D eigenvalue weighted by Gasteiger charge is -2.32. The Morgan fingerprint density at radius 2 is 1.75 bits per heavy atom. The van der Waals surface area contributed by atoms with Crippen LogP contribution in [0.15, 0.2) is 51.4 Å². The van der Waals surface area contributed by atoms with Crippen LogP contribution >= 0.6 is 31.9 Å². The highest BCUT2D eigenvalue weighted by molar-refractivity contribution is 9.10. The van der Waals surface area contributed by atoms with Gasteiger partial charge in [0.1, 0.15) is 0 Å². The van der Waals surface area contributed by atoms with E-state index in [1.165, 1.54) is 11.3 Å². The van der Waals surface area contributed by atoms with E-state index in [4.69, 9.17) is 0 Å². The number of halogens is 2. The minimum atomic E-state index is 0.333. The fraction of sp³-hybridized carbons (Fsp3) is 0.250. The Balaban J connectivity index is 1.90. The summed E-state index contributed by atoms with van der Waals surface area (Å²) >= 11 is 7.04. The Morgan fingerprint density at radius 3 is 2.50 bits per heavy atom. The maximum Gasteiger partial charge on any atom is 0.0554 e. The summed E-state index contributed by atoms with van der Waals surface area (Å²) in [4.78, 5) is 0. The van der Waals surface area contributed by atoms with Crippen LogP contribution in [-0.2, 0) is 0 Å². The molecule has 0 bridgehead atoms. The minimum absolute atomic E-state index is 0.333. The summed E-state index contributed by atoms with van der Waals surface area (Å²) in [6, 6.07) is 15.6. The normalized spacial score (nSPS) is 20.9. The van der Waals surface area contributed by atoms with Crippen LogP contribution in [-0.4, -0.2) is 6.04 Å². The summed E-state index contributed by atoms with van der Waals surface area (Å²) in [6.07, 6.45) is 1.07. The lowest BCUT2D eigenvalue weighted by Crippen LogP contribution is -2.28. The van der Waals surface area contributed by atoms with Gasteiger partial charge in [0, 0.05) is 26.4 Å². The third-order valence-electron chi connectivity index (χ3n) is 3.57. The minimum Gasteiger partial charge on any atom is -0.382 e. The van der Waals surface area contributed by atoms with E-state index in [9.17, 15) is 0 Å². The Labute approximate surface area is 136 Å². The van der Waals surface area contributed by atoms with Crippen molar-refractivity contribution in [1.82, 2.24) is 0 Å². The van der Waals surface area contributed by atoms with Crippen molar-refractivity contribution in [2.45, 2.75) is 25.4 Å². The van der Waals surface area contributed by atoms with Crippen LogP contribution in [0, 0.1) is 0 Å². The zero-order chi connectivity index (χ0) is 14.1. The molecule has 2 aromatic carbocycles. The lowest BCUT2D eigenvalue weighted by atomic mass is 9.93. The molecule has 0 radical (unpaired) electrons. The molecule has 0 fully saturated rings. The number of hydrogen-bond acceptors (Lipinski definition) is 2. The van der Waals surface area contributed by atoms with Crippen LogP contribution in [0.1, 0.15) is 24.9 Å². The van der Waals surface area contributed by atoms with Crippen molar-refractivity contribution in [2.75, 3.05) is 10.6 Å². The van der Waals surface area contributed by atoms with Gasteiger partial charge < -0.3 is 10.6 Å². The topological polar surface area (TPSA) is 24.1 Å². The monoisotopic (exact) mass is 394 g/mol. The van der Waals surface area contributed by atoms with Crippen molar-refractivity contribution in [3.8, 4) is 0 Å². The first-order valence-electron chi connectivity index (χ1n) is 6.70. The maximum absolute atomic E-state index is 3.64. The van der Waals surface area contributed by atoms with Crippen LogP contribution in [0.25, 0.3) is 0 Å². The molecule has 1 aliphatic rings. The molecule has 0 aliphatic carbocycles. The molecule has 1 unspecified atom stereocenters. The number of rotatable bonds is 2. The first-order valence-corrected chi connectivity index (χ1v) is 8.28. The van der Waals surface area contributed by atoms with Gasteiger partial charge >= 0.3 is 0 Å². The van der Waals surface area contributed by atoms with Crippen LogP contribution < -0.4 is 10.6 Å². The molecule has 2 nitrogen and oxygen atoms in total. The van der Waals surface area contributed by atoms with Crippen molar-refractivity contribution >= 4 is 43.2 Å². The Morgan fingerprint density at radius 1 is 1.05 bits per heavy atom. The highest BCUT2D eigenvalue weighted by atomic mass is 79.9. The fourth-order valence-corrected chi connectivity index (χ4v) is 3.29. The predicted octanol–water partition coefficient (Wildman–Crippen LogP) is 5.57. The van der Waals surface area contributed by atoms with E-state index in [1.54, 1.807) is 0 Å². The molecule has 3 rings (SSSR count). The third kappa shape index (κ3) is 3.01. The van der Waals surface area contributed by atoms with Crippen molar-refractivity contribution in [3.63, 3.8) is 0 Å². The molecule has 0 spiro atoms. The molecule has 0 saturated heterocycles. The Hall–Kier alpha value is -1.00. The van der Waals surface area contributed by atoms with Crippen molar-refractivity contribution in [2.24, 2.45) is 0 Å². The number of anilines is 2. The number of hydrogen-bond donors (Lipinski definition) is 2. The van der Waals surface area contributed by atoms with Gasteiger partial charge in [0.25, 0.3) is 0 Å². The molecule has 2 aromatic rings. The molecular weight excluding hydrogens is 380 g/mol. The van der Waals surface area contributed by atoms with Crippen LogP contribution in [0.3, 0.4) is 0 Å². The van der Waals surface area contributed by atoms with Gasteiger partial charge in [-0.15, -0.1) is 0 Å². The van der Waals surface area contributed by atoms with E-state index < -0.39 is 0 Å². The first kappa shape index (κ1) is 14.0. The summed E-state index contributed by atoms with van der Waals surface area (Å²) in [5, 5.41) is 7.18. The van der Waals surface area contributed by atoms with E-state index >= 15 is 0 Å². The molecule has 0 saturated carbocycles. The lowest BCUT2D eigenvalue weighted by molar-refractivity contribution is 0.599. The summed E-state index contributed by atoms with van der Waals surface area (Å²) in [6.45, 7) is 2.22. The average Bonchev–Trinajstić information content (AvgIpc) is 2.42. The van der Waals surface area contributed by atoms with E-state index in [-0.39, 0.29) is 0 Å². The fourth-order valence-electron chi connectivity index (χ4n) is 2.64. The zero-order valence-electron chi connectivity index (χ0n) is 11.2. The smallest absolute Gasteiger partial charge is 0.0554 e. The molecule has 0 amide bonds. The molecule has 1 heterocycles. The van der Waals surface area contributed by atoms with E-state index in [0.717, 1.165) is 21.1 Å². The summed E-state index contributed by atoms with van der Waals surface area (Å²) in [5.41, 5.74) is 3.69. The second-order valence-corrected chi connectivity index (χ2v) is 7.05. The number of fused-ring (bicyclic) bond motifs is 1. The largest absolute Gasteiger partial charge is 0.382 e. The Kier molecular flexibility index (Phi) is 4.03. The first-order chi connectivity index (χ1) is 9.61. The number of nitrogens with one attached hydrogen (secondary N) is 2. The van der Waals surface area contributed by atoms with Gasteiger partial charge in [0.2, 0.25) is 0 Å². The quantitative estimate of drug-likeness (QED) is 0.694. The maximum atomic E-state index is 3.64. The second-order valence-electron chi connectivity index (χ2n) is 5.22. The van der Waals surface area contributed by atoms with Gasteiger partial charge in [0.05, 0.1) is 6.04 Å². The van der Waals surface area contributed by atoms with Gasteiger partial charge in [0.15, 0.2) is 0 Å². The standard InChI is InChI=1S/C16H16Br2N2/c1-10-8-16(20-13-5-2-11(17)3-6-13)14-9-12(18)4-7-15(14)19-10/h2-7,9-10,16,19-20H,8H2,1H3/t10?,16-/m0/s1. The van der Waals surface area contributed by atoms with E-state index in [2.05, 4.69) is 91.9 Å². The summed E-state index contributed by atoms with van der Waals surface area (Å²) in [5.74, 6) is 0. The molecule has 2 atom stereocenters. The highest BCUT2D eigenvalue weighted by Crippen LogP contribution is 2.36. The summed E-state index contributed by atoms with van der Waals surface area (Å²) < 4.78 is 2.22. The molecule has 2 N–H and O–H groups in total. The van der Waals surface area contributed by atoms with Crippen LogP contribution in [0.2, 0.25) is 0 Å². The van der Waals surface area contributed by atoms with Crippen LogP contribution in [0.5, 0.6) is 0 Å². The predicted molar refractivity (Wildman–Crippen MR) is 92.3 cm³/mol. The van der Waals surface area contributed by atoms with E-state index in [0.29, 0.717) is 12.1 Å². The number of benzene rings is 2. The van der Waals surface area contributed by atoms with Crippen molar-refractivity contribution in [3.05, 3.63) is 57.0 Å². The van der Waals surface area contributed by atoms with Crippen molar-refractivity contribution in [1.29, 1.82) is 0 Å². The van der Waals surface area contributed by atoms with Gasteiger partial charge in [-0.3, -0.25) is 0 Å². The van der Waals surface area contributed by atoms with Crippen LogP contribution in [0.4, 0.5) is 11.4 Å². The zero-order valence-corrected chi connectivity index (χ0v) is 14.3. The molecule has 0 aromatic heterocycles. The molecular formula is C16H16Br2N2. The van der Waals surface area contributed by atoms with Crippen molar-refractivity contribution < 1.29 is 0 Å².